The molecule has 1 aromatic heterocycles. The fourth-order valence-electron chi connectivity index (χ4n) is 3.22. The highest BCUT2D eigenvalue weighted by Crippen LogP contribution is 2.33. The zero-order valence-electron chi connectivity index (χ0n) is 24.4. The van der Waals surface area contributed by atoms with Gasteiger partial charge in [0.25, 0.3) is 0 Å². The largest absolute Gasteiger partial charge is 0.759 e. The van der Waals surface area contributed by atoms with E-state index in [1.54, 1.807) is 0 Å². The first-order valence-corrected chi connectivity index (χ1v) is 20.9. The smallest absolute Gasteiger partial charge is 0.166 e. The van der Waals surface area contributed by atoms with E-state index in [0.29, 0.717) is 0 Å². The molecule has 0 fully saturated rings. The van der Waals surface area contributed by atoms with E-state index in [2.05, 4.69) is 48.5 Å². The van der Waals surface area contributed by atoms with Crippen LogP contribution in [-0.2, 0) is 35.6 Å². The predicted octanol–water partition coefficient (Wildman–Crippen LogP) is 4.14. The molecule has 0 unspecified atom stereocenters. The van der Waals surface area contributed by atoms with Gasteiger partial charge in [-0.25, -0.2) is 26.8 Å². The average Bonchev–Trinajstić information content (AvgIpc) is 2.92. The summed E-state index contributed by atoms with van der Waals surface area (Å²) >= 11 is 0. The Labute approximate surface area is 254 Å². The van der Waals surface area contributed by atoms with E-state index in [-0.39, 0.29) is 12.5 Å². The highest BCUT2D eigenvalue weighted by atomic mass is 33.2. The Morgan fingerprint density at radius 3 is 0.977 bits per heavy atom. The fraction of sp³-hybridized carbons (Fsp3) is 0.231. The Balaban J connectivity index is 0.000000371. The number of para-hydroxylation sites is 2. The number of hydrogen-bond acceptors (Lipinski definition) is 12. The number of fused-ring (bicyclic) bond motifs is 7. The molecular weight excluding hydrogens is 661 g/mol. The standard InChI is InChI=1S/C20H12N2.2C2H6.2CH6O6S2/c1-3-9-15-13(7-1)14-8-2-4-10-16(14)20-19(15)21-17-11-5-6-12-18(17)22-20;2*1-2;2*1-9(5,6,7)8(2,3)4/h1-12H;2*1-2H3;2*1H3,(H,2,3,4)(H2,5,6,7)/p-4. The van der Waals surface area contributed by atoms with Crippen molar-refractivity contribution in [2.75, 3.05) is 12.5 Å². The number of aromatic nitrogens is 2. The summed E-state index contributed by atoms with van der Waals surface area (Å²) in [7, 11) is -23.6. The second-order valence-corrected chi connectivity index (χ2v) is 21.6. The summed E-state index contributed by atoms with van der Waals surface area (Å²) in [6.07, 6.45) is -0.112. The summed E-state index contributed by atoms with van der Waals surface area (Å²) in [5.74, 6) is 0. The van der Waals surface area contributed by atoms with Gasteiger partial charge in [0.2, 0.25) is 0 Å². The van der Waals surface area contributed by atoms with Crippen LogP contribution in [0.15, 0.2) is 72.8 Å². The van der Waals surface area contributed by atoms with Crippen LogP contribution in [0.2, 0.25) is 0 Å². The quantitative estimate of drug-likeness (QED) is 0.114. The zero-order chi connectivity index (χ0) is 34.4. The van der Waals surface area contributed by atoms with Crippen LogP contribution >= 0.6 is 0 Å². The van der Waals surface area contributed by atoms with E-state index in [0.717, 1.165) is 32.8 Å². The van der Waals surface area contributed by atoms with Gasteiger partial charge in [0.05, 0.1) is 22.1 Å². The third-order valence-electron chi connectivity index (χ3n) is 5.15. The molecule has 4 aromatic carbocycles. The fourth-order valence-corrected chi connectivity index (χ4v) is 3.22. The average molecular weight is 693 g/mol. The van der Waals surface area contributed by atoms with E-state index in [1.807, 2.05) is 52.0 Å². The summed E-state index contributed by atoms with van der Waals surface area (Å²) in [5.41, 5.74) is 3.84. The molecule has 0 saturated heterocycles. The molecule has 2 N–H and O–H groups in total. The van der Waals surface area contributed by atoms with Gasteiger partial charge in [0, 0.05) is 40.6 Å². The van der Waals surface area contributed by atoms with Crippen molar-refractivity contribution in [1.29, 1.82) is 0 Å². The van der Waals surface area contributed by atoms with Gasteiger partial charge in [-0.05, 0) is 22.9 Å². The maximum atomic E-state index is 9.91. The lowest BCUT2D eigenvalue weighted by atomic mass is 9.99. The molecular formula is C26H32N2O12S4-4. The highest BCUT2D eigenvalue weighted by Gasteiger charge is 2.21. The third-order valence-corrected chi connectivity index (χ3v) is 12.5. The molecule has 0 amide bonds. The maximum Gasteiger partial charge on any atom is 0.166 e. The lowest BCUT2D eigenvalue weighted by Gasteiger charge is -2.39. The van der Waals surface area contributed by atoms with Crippen LogP contribution in [0.25, 0.3) is 43.6 Å². The summed E-state index contributed by atoms with van der Waals surface area (Å²) < 4.78 is 113. The molecule has 246 valence electrons. The Kier molecular flexibility index (Phi) is 12.0. The third kappa shape index (κ3) is 9.24. The van der Waals surface area contributed by atoms with Crippen molar-refractivity contribution in [2.24, 2.45) is 0 Å². The van der Waals surface area contributed by atoms with Gasteiger partial charge in [-0.15, -0.1) is 0 Å². The van der Waals surface area contributed by atoms with Crippen molar-refractivity contribution in [3.8, 4) is 0 Å². The maximum absolute atomic E-state index is 9.91. The molecule has 5 rings (SSSR count). The Morgan fingerprint density at radius 1 is 0.545 bits per heavy atom. The minimum Gasteiger partial charge on any atom is -0.759 e. The summed E-state index contributed by atoms with van der Waals surface area (Å²) in [4.78, 5) is 9.79. The van der Waals surface area contributed by atoms with Gasteiger partial charge >= 0.3 is 0 Å². The lowest BCUT2D eigenvalue weighted by Crippen LogP contribution is -2.38. The summed E-state index contributed by atoms with van der Waals surface area (Å²) in [6.45, 7) is 8.00. The van der Waals surface area contributed by atoms with Crippen LogP contribution in [-0.4, -0.2) is 75.0 Å². The van der Waals surface area contributed by atoms with Crippen molar-refractivity contribution in [3.05, 3.63) is 72.8 Å². The normalized spacial score (nSPS) is 13.6. The first-order valence-electron chi connectivity index (χ1n) is 12.6. The topological polar surface area (TPSA) is 261 Å². The van der Waals surface area contributed by atoms with Crippen LogP contribution in [0.5, 0.6) is 0 Å². The highest BCUT2D eigenvalue weighted by molar-refractivity contribution is 8.74. The van der Waals surface area contributed by atoms with Gasteiger partial charge in [-0.3, -0.25) is 8.42 Å². The molecule has 0 bridgehead atoms. The molecule has 0 saturated carbocycles. The number of hydrogen-bond donors (Lipinski definition) is 2. The Morgan fingerprint density at radius 2 is 0.750 bits per heavy atom. The van der Waals surface area contributed by atoms with Gasteiger partial charge in [0.15, 0.2) is 18.3 Å². The summed E-state index contributed by atoms with van der Waals surface area (Å²) in [5, 5.41) is 4.79. The van der Waals surface area contributed by atoms with Crippen LogP contribution < -0.4 is 0 Å². The van der Waals surface area contributed by atoms with Crippen LogP contribution in [0, 0.1) is 0 Å². The van der Waals surface area contributed by atoms with Crippen LogP contribution in [0.1, 0.15) is 27.7 Å². The second kappa shape index (κ2) is 13.5. The van der Waals surface area contributed by atoms with Crippen molar-refractivity contribution in [2.45, 2.75) is 27.7 Å². The van der Waals surface area contributed by atoms with Crippen molar-refractivity contribution >= 4 is 79.2 Å². The van der Waals surface area contributed by atoms with Crippen molar-refractivity contribution in [1.82, 2.24) is 9.97 Å². The lowest BCUT2D eigenvalue weighted by molar-refractivity contribution is 0.381. The molecule has 0 aliphatic carbocycles. The molecule has 0 atom stereocenters. The van der Waals surface area contributed by atoms with E-state index in [1.165, 1.54) is 10.8 Å². The van der Waals surface area contributed by atoms with E-state index < -0.39 is 35.6 Å². The molecule has 0 aliphatic rings. The molecule has 1 heterocycles. The number of benzene rings is 4. The Bertz CT molecular complexity index is 1980. The van der Waals surface area contributed by atoms with E-state index in [4.69, 9.17) is 19.1 Å². The van der Waals surface area contributed by atoms with Crippen molar-refractivity contribution in [3.63, 3.8) is 0 Å². The number of rotatable bonds is 2. The first-order chi connectivity index (χ1) is 19.9. The molecule has 14 nitrogen and oxygen atoms in total. The number of nitrogens with zero attached hydrogens (tertiary/aromatic N) is 2. The molecule has 0 radical (unpaired) electrons. The molecule has 0 aliphatic heterocycles. The molecule has 44 heavy (non-hydrogen) atoms. The summed E-state index contributed by atoms with van der Waals surface area (Å²) in [6, 6.07) is 24.9. The minimum atomic E-state index is -6.17. The molecule has 5 aromatic rings. The minimum absolute atomic E-state index is 0.0560. The van der Waals surface area contributed by atoms with Gasteiger partial charge in [0.1, 0.15) is 0 Å². The molecule has 18 heteroatoms. The van der Waals surface area contributed by atoms with Gasteiger partial charge in [-0.2, -0.15) is 0 Å². The second-order valence-electron chi connectivity index (χ2n) is 8.54. The monoisotopic (exact) mass is 692 g/mol. The van der Waals surface area contributed by atoms with Crippen LogP contribution in [0.4, 0.5) is 0 Å². The van der Waals surface area contributed by atoms with E-state index in [9.17, 15) is 43.5 Å². The SMILES string of the molecule is CC.CC.CS(=O)([O-])(O)S(=O)(=O)[O-].CS(=O)([O-])(O)S(=O)(=O)[O-].c1ccc2nc3c4ccccc4c4ccccc4c3nc2c1. The van der Waals surface area contributed by atoms with Crippen LogP contribution in [0.3, 0.4) is 0 Å². The van der Waals surface area contributed by atoms with Crippen molar-refractivity contribution < 1.29 is 52.6 Å². The zero-order valence-corrected chi connectivity index (χ0v) is 27.7. The van der Waals surface area contributed by atoms with Gasteiger partial charge in [-0.1, -0.05) is 88.4 Å². The Hall–Kier alpha value is -3.04. The molecule has 0 spiro atoms. The first kappa shape index (κ1) is 39.0. The van der Waals surface area contributed by atoms with E-state index >= 15 is 0 Å². The van der Waals surface area contributed by atoms with Gasteiger partial charge < -0.3 is 27.3 Å². The predicted molar refractivity (Wildman–Crippen MR) is 169 cm³/mol.